The fourth-order valence-corrected chi connectivity index (χ4v) is 2.30. The van der Waals surface area contributed by atoms with E-state index in [9.17, 15) is 4.79 Å². The van der Waals surface area contributed by atoms with Crippen LogP contribution in [0.3, 0.4) is 0 Å². The molecule has 0 saturated heterocycles. The summed E-state index contributed by atoms with van der Waals surface area (Å²) in [7, 11) is 1.81. The summed E-state index contributed by atoms with van der Waals surface area (Å²) in [4.78, 5) is 14.2. The summed E-state index contributed by atoms with van der Waals surface area (Å²) < 4.78 is 3.68. The van der Waals surface area contributed by atoms with Crippen LogP contribution in [0.15, 0.2) is 12.4 Å². The topological polar surface area (TPSA) is 56.0 Å². The first-order valence-corrected chi connectivity index (χ1v) is 7.28. The van der Waals surface area contributed by atoms with Gasteiger partial charge in [-0.25, -0.2) is 0 Å². The van der Waals surface area contributed by atoms with Gasteiger partial charge in [0.15, 0.2) is 0 Å². The van der Waals surface area contributed by atoms with E-state index < -0.39 is 0 Å². The highest BCUT2D eigenvalue weighted by atomic mass is 16.2. The largest absolute Gasteiger partial charge is 0.337 e. The monoisotopic (exact) mass is 289 g/mol. The van der Waals surface area contributed by atoms with Gasteiger partial charge in [-0.15, -0.1) is 0 Å². The molecule has 6 nitrogen and oxygen atoms in total. The van der Waals surface area contributed by atoms with Crippen LogP contribution in [0, 0.1) is 13.8 Å². The third-order valence-corrected chi connectivity index (χ3v) is 3.63. The van der Waals surface area contributed by atoms with Crippen LogP contribution in [-0.4, -0.2) is 37.4 Å². The first kappa shape index (κ1) is 15.3. The van der Waals surface area contributed by atoms with Crippen LogP contribution >= 0.6 is 0 Å². The second-order valence-corrected chi connectivity index (χ2v) is 5.24. The van der Waals surface area contributed by atoms with Gasteiger partial charge in [0.05, 0.1) is 17.0 Å². The van der Waals surface area contributed by atoms with E-state index in [4.69, 9.17) is 0 Å². The van der Waals surface area contributed by atoms with Crippen molar-refractivity contribution in [3.05, 3.63) is 34.9 Å². The predicted molar refractivity (Wildman–Crippen MR) is 81.1 cm³/mol. The molecule has 2 rings (SSSR count). The molecule has 0 spiro atoms. The molecule has 0 bridgehead atoms. The lowest BCUT2D eigenvalue weighted by Crippen LogP contribution is -2.26. The van der Waals surface area contributed by atoms with Crippen molar-refractivity contribution in [2.45, 2.75) is 47.3 Å². The molecule has 0 radical (unpaired) electrons. The van der Waals surface area contributed by atoms with E-state index in [0.717, 1.165) is 30.0 Å². The molecule has 0 unspecified atom stereocenters. The number of carbonyl (C=O) groups is 1. The summed E-state index contributed by atoms with van der Waals surface area (Å²) in [5, 5.41) is 8.74. The molecular weight excluding hydrogens is 266 g/mol. The maximum atomic E-state index is 12.5. The molecule has 1 amide bonds. The number of amides is 1. The van der Waals surface area contributed by atoms with E-state index in [0.29, 0.717) is 12.1 Å². The van der Waals surface area contributed by atoms with Crippen molar-refractivity contribution < 1.29 is 4.79 Å². The highest BCUT2D eigenvalue weighted by molar-refractivity contribution is 5.94. The van der Waals surface area contributed by atoms with Gasteiger partial charge in [-0.05, 0) is 27.7 Å². The van der Waals surface area contributed by atoms with Crippen LogP contribution in [0.5, 0.6) is 0 Å². The van der Waals surface area contributed by atoms with Crippen LogP contribution < -0.4 is 0 Å². The highest BCUT2D eigenvalue weighted by Gasteiger charge is 2.18. The van der Waals surface area contributed by atoms with Crippen LogP contribution in [0.2, 0.25) is 0 Å². The lowest BCUT2D eigenvalue weighted by Gasteiger charge is -2.16. The number of hydrogen-bond donors (Lipinski definition) is 0. The van der Waals surface area contributed by atoms with Gasteiger partial charge in [0.25, 0.3) is 5.91 Å². The summed E-state index contributed by atoms with van der Waals surface area (Å²) in [6, 6.07) is 0. The Bertz CT molecular complexity index is 641. The molecule has 0 atom stereocenters. The lowest BCUT2D eigenvalue weighted by atomic mass is 10.2. The Labute approximate surface area is 125 Å². The minimum absolute atomic E-state index is 0.00384. The second-order valence-electron chi connectivity index (χ2n) is 5.24. The van der Waals surface area contributed by atoms with E-state index in [2.05, 4.69) is 10.2 Å². The number of rotatable bonds is 5. The van der Waals surface area contributed by atoms with E-state index in [-0.39, 0.29) is 5.91 Å². The molecule has 6 heteroatoms. The fourth-order valence-electron chi connectivity index (χ4n) is 2.30. The lowest BCUT2D eigenvalue weighted by molar-refractivity contribution is 0.0784. The average Bonchev–Trinajstić information content (AvgIpc) is 3.01. The number of aryl methyl sites for hydroxylation is 4. The molecule has 0 aromatic carbocycles. The normalized spacial score (nSPS) is 10.9. The van der Waals surface area contributed by atoms with Crippen LogP contribution in [0.1, 0.15) is 41.2 Å². The Hall–Kier alpha value is -2.11. The maximum absolute atomic E-state index is 12.5. The summed E-state index contributed by atoms with van der Waals surface area (Å²) >= 11 is 0. The maximum Gasteiger partial charge on any atom is 0.257 e. The first-order chi connectivity index (χ1) is 9.96. The molecule has 2 aromatic rings. The minimum atomic E-state index is -0.00384. The van der Waals surface area contributed by atoms with Gasteiger partial charge in [0.2, 0.25) is 0 Å². The third-order valence-electron chi connectivity index (χ3n) is 3.63. The minimum Gasteiger partial charge on any atom is -0.337 e. The molecule has 0 N–H and O–H groups in total. The molecule has 2 aromatic heterocycles. The number of aromatic nitrogens is 4. The summed E-state index contributed by atoms with van der Waals surface area (Å²) in [5.41, 5.74) is 3.49. The van der Waals surface area contributed by atoms with Gasteiger partial charge in [-0.2, -0.15) is 10.2 Å². The second kappa shape index (κ2) is 6.11. The average molecular weight is 289 g/mol. The molecule has 0 fully saturated rings. The first-order valence-electron chi connectivity index (χ1n) is 7.28. The van der Waals surface area contributed by atoms with E-state index in [1.54, 1.807) is 9.58 Å². The highest BCUT2D eigenvalue weighted by Crippen LogP contribution is 2.13. The zero-order valence-corrected chi connectivity index (χ0v) is 13.4. The number of carbonyl (C=O) groups excluding carboxylic acids is 1. The van der Waals surface area contributed by atoms with Crippen LogP contribution in [-0.2, 0) is 19.6 Å². The molecule has 114 valence electrons. The van der Waals surface area contributed by atoms with Gasteiger partial charge in [-0.1, -0.05) is 0 Å². The summed E-state index contributed by atoms with van der Waals surface area (Å²) in [6.07, 6.45) is 3.82. The molecule has 0 aliphatic heterocycles. The molecule has 0 aliphatic carbocycles. The van der Waals surface area contributed by atoms with Crippen molar-refractivity contribution in [3.63, 3.8) is 0 Å². The van der Waals surface area contributed by atoms with Gasteiger partial charge in [0, 0.05) is 44.6 Å². The zero-order valence-electron chi connectivity index (χ0n) is 13.4. The molecular formula is C15H23N5O. The van der Waals surface area contributed by atoms with Crippen LogP contribution in [0.4, 0.5) is 0 Å². The van der Waals surface area contributed by atoms with Crippen molar-refractivity contribution in [2.75, 3.05) is 7.05 Å². The zero-order chi connectivity index (χ0) is 15.6. The Kier molecular flexibility index (Phi) is 4.45. The fraction of sp³-hybridized carbons (Fsp3) is 0.533. The Morgan fingerprint density at radius 1 is 1.10 bits per heavy atom. The standard InChI is InChI=1S/C15H23N5O/c1-6-19-9-13(11(3)16-19)8-18(5)15(21)14-10-20(7-2)17-12(14)4/h9-10H,6-8H2,1-5H3. The number of nitrogens with zero attached hydrogens (tertiary/aromatic N) is 5. The van der Waals surface area contributed by atoms with Gasteiger partial charge in [0.1, 0.15) is 0 Å². The van der Waals surface area contributed by atoms with Crippen molar-refractivity contribution in [1.82, 2.24) is 24.5 Å². The summed E-state index contributed by atoms with van der Waals surface area (Å²) in [5.74, 6) is -0.00384. The molecule has 0 saturated carbocycles. The summed E-state index contributed by atoms with van der Waals surface area (Å²) in [6.45, 7) is 10.1. The van der Waals surface area contributed by atoms with Crippen molar-refractivity contribution >= 4 is 5.91 Å². The van der Waals surface area contributed by atoms with Crippen molar-refractivity contribution in [1.29, 1.82) is 0 Å². The van der Waals surface area contributed by atoms with Crippen molar-refractivity contribution in [2.24, 2.45) is 0 Å². The smallest absolute Gasteiger partial charge is 0.257 e. The predicted octanol–water partition coefficient (Wildman–Crippen LogP) is 2.01. The van der Waals surface area contributed by atoms with E-state index in [1.165, 1.54) is 0 Å². The van der Waals surface area contributed by atoms with Gasteiger partial charge < -0.3 is 4.90 Å². The molecule has 21 heavy (non-hydrogen) atoms. The van der Waals surface area contributed by atoms with E-state index in [1.807, 2.05) is 51.8 Å². The SMILES string of the molecule is CCn1cc(CN(C)C(=O)c2cn(CC)nc2C)c(C)n1. The van der Waals surface area contributed by atoms with Crippen LogP contribution in [0.25, 0.3) is 0 Å². The number of hydrogen-bond acceptors (Lipinski definition) is 3. The Morgan fingerprint density at radius 3 is 2.19 bits per heavy atom. The Morgan fingerprint density at radius 2 is 1.67 bits per heavy atom. The van der Waals surface area contributed by atoms with Gasteiger partial charge in [-0.3, -0.25) is 14.2 Å². The third kappa shape index (κ3) is 3.15. The van der Waals surface area contributed by atoms with E-state index >= 15 is 0 Å². The van der Waals surface area contributed by atoms with Gasteiger partial charge >= 0.3 is 0 Å². The molecule has 2 heterocycles. The molecule has 0 aliphatic rings. The Balaban J connectivity index is 2.15. The quantitative estimate of drug-likeness (QED) is 0.846. The van der Waals surface area contributed by atoms with Crippen molar-refractivity contribution in [3.8, 4) is 0 Å².